The van der Waals surface area contributed by atoms with Gasteiger partial charge in [0, 0.05) is 54.6 Å². The Hall–Kier alpha value is -6.61. The summed E-state index contributed by atoms with van der Waals surface area (Å²) in [7, 11) is 0.350. The van der Waals surface area contributed by atoms with Crippen molar-refractivity contribution in [3.8, 4) is 17.1 Å². The van der Waals surface area contributed by atoms with Crippen molar-refractivity contribution < 1.29 is 55.1 Å². The van der Waals surface area contributed by atoms with Gasteiger partial charge < -0.3 is 39.6 Å². The molecule has 0 bridgehead atoms. The van der Waals surface area contributed by atoms with E-state index in [9.17, 15) is 35.9 Å². The van der Waals surface area contributed by atoms with Gasteiger partial charge in [0.25, 0.3) is 0 Å². The fourth-order valence-corrected chi connectivity index (χ4v) is 7.77. The molecule has 2 aliphatic heterocycles. The molecule has 8 rings (SSSR count). The first-order valence-corrected chi connectivity index (χ1v) is 23.2. The van der Waals surface area contributed by atoms with Crippen LogP contribution in [0, 0.1) is 13.8 Å². The van der Waals surface area contributed by atoms with Crippen molar-refractivity contribution in [3.63, 3.8) is 0 Å². The SMILES string of the molecule is CC(C)(C)OC(=O)N1CC[C@H](Nc2nc(Cl)nc3ccccc23)C1.Cc1ccc(C(F)(F)F)cc1-c1nc(N[C@H]2CCN(C(=O)OC(C)(C)C)C2)c2ccccc2n1.Cc1ccc(C(F)(F)F)cc1O[B]O. The van der Waals surface area contributed by atoms with Crippen LogP contribution in [-0.2, 0) is 21.8 Å². The average molecular weight is 1020 g/mol. The molecule has 0 aliphatic carbocycles. The molecule has 2 atom stereocenters. The van der Waals surface area contributed by atoms with Crippen LogP contribution in [0.2, 0.25) is 5.28 Å². The maximum atomic E-state index is 13.3. The van der Waals surface area contributed by atoms with Gasteiger partial charge in [0.05, 0.1) is 22.2 Å². The lowest BCUT2D eigenvalue weighted by atomic mass is 10.0. The molecule has 72 heavy (non-hydrogen) atoms. The lowest BCUT2D eigenvalue weighted by molar-refractivity contribution is -0.138. The van der Waals surface area contributed by atoms with Crippen molar-refractivity contribution >= 4 is 64.9 Å². The highest BCUT2D eigenvalue weighted by Crippen LogP contribution is 2.36. The second-order valence-electron chi connectivity index (χ2n) is 19.1. The van der Waals surface area contributed by atoms with Crippen molar-refractivity contribution in [2.75, 3.05) is 36.8 Å². The minimum absolute atomic E-state index is 0.0117. The number of anilines is 2. The minimum Gasteiger partial charge on any atom is -0.537 e. The molecular weight excluding hydrogens is 969 g/mol. The van der Waals surface area contributed by atoms with Gasteiger partial charge in [-0.1, -0.05) is 36.4 Å². The van der Waals surface area contributed by atoms with Gasteiger partial charge in [-0.05, 0) is 139 Å². The average Bonchev–Trinajstić information content (AvgIpc) is 3.96. The number of halogens is 7. The number of carbonyl (C=O) groups excluding carboxylic acids is 2. The lowest BCUT2D eigenvalue weighted by Crippen LogP contribution is -2.36. The quantitative estimate of drug-likeness (QED) is 0.0789. The molecule has 383 valence electrons. The Labute approximate surface area is 418 Å². The van der Waals surface area contributed by atoms with E-state index in [2.05, 4.69) is 35.2 Å². The summed E-state index contributed by atoms with van der Waals surface area (Å²) in [6.07, 6.45) is -8.00. The van der Waals surface area contributed by atoms with Gasteiger partial charge in [-0.2, -0.15) is 26.3 Å². The fourth-order valence-electron chi connectivity index (χ4n) is 7.59. The summed E-state index contributed by atoms with van der Waals surface area (Å²) in [5, 5.41) is 17.0. The molecule has 2 aromatic heterocycles. The maximum Gasteiger partial charge on any atom is 0.569 e. The molecule has 2 amide bonds. The van der Waals surface area contributed by atoms with Crippen LogP contribution >= 0.6 is 11.6 Å². The standard InChI is InChI=1S/C25H27F3N4O2.C17H21ClN4O2.C8H7BF3O2/c1-15-9-10-16(25(26,27)28)13-19(15)22-30-20-8-6-5-7-18(20)21(31-22)29-17-11-12-32(14-17)23(33)34-24(2,3)4;1-17(2,3)24-16(23)22-9-8-11(10-22)19-14-12-6-4-5-7-13(12)20-15(18)21-14;1-5-2-3-6(8(10,11)12)4-7(5)14-9-13/h5-10,13,17H,11-12,14H2,1-4H3,(H,29,30,31);4-7,11H,8-10H2,1-3H3,(H,19,20,21);2-4,13H,1H3/t17-;11-;/m00./s1. The first kappa shape index (κ1) is 54.7. The zero-order chi connectivity index (χ0) is 52.8. The zero-order valence-electron chi connectivity index (χ0n) is 40.9. The third-order valence-corrected chi connectivity index (χ3v) is 11.2. The number of ether oxygens (including phenoxy) is 2. The predicted octanol–water partition coefficient (Wildman–Crippen LogP) is 11.7. The molecule has 6 aromatic rings. The molecule has 0 unspecified atom stereocenters. The number of amides is 2. The number of aromatic nitrogens is 4. The Morgan fingerprint density at radius 1 is 0.653 bits per heavy atom. The van der Waals surface area contributed by atoms with E-state index in [1.807, 2.05) is 84.0 Å². The fraction of sp³-hybridized carbons (Fsp3) is 0.400. The third-order valence-electron chi connectivity index (χ3n) is 11.0. The van der Waals surface area contributed by atoms with E-state index in [1.165, 1.54) is 12.1 Å². The van der Waals surface area contributed by atoms with Crippen molar-refractivity contribution in [3.05, 3.63) is 112 Å². The van der Waals surface area contributed by atoms with E-state index >= 15 is 0 Å². The number of benzene rings is 4. The molecule has 0 saturated carbocycles. The van der Waals surface area contributed by atoms with Gasteiger partial charge >= 0.3 is 32.2 Å². The molecule has 14 nitrogen and oxygen atoms in total. The number of hydrogen-bond donors (Lipinski definition) is 3. The van der Waals surface area contributed by atoms with E-state index in [-0.39, 0.29) is 41.1 Å². The van der Waals surface area contributed by atoms with Crippen LogP contribution in [0.3, 0.4) is 0 Å². The molecule has 4 aromatic carbocycles. The summed E-state index contributed by atoms with van der Waals surface area (Å²) >= 11 is 6.01. The molecule has 3 N–H and O–H groups in total. The second-order valence-corrected chi connectivity index (χ2v) is 19.5. The Balaban J connectivity index is 0.000000193. The minimum atomic E-state index is -4.46. The Bertz CT molecular complexity index is 2880. The highest BCUT2D eigenvalue weighted by molar-refractivity contribution is 6.28. The lowest BCUT2D eigenvalue weighted by Gasteiger charge is -2.24. The molecule has 2 fully saturated rings. The number of fused-ring (bicyclic) bond motifs is 2. The Morgan fingerprint density at radius 3 is 1.60 bits per heavy atom. The van der Waals surface area contributed by atoms with Gasteiger partial charge in [0.2, 0.25) is 5.28 Å². The third kappa shape index (κ3) is 15.0. The summed E-state index contributed by atoms with van der Waals surface area (Å²) < 4.78 is 92.0. The van der Waals surface area contributed by atoms with Gasteiger partial charge in [-0.25, -0.2) is 29.5 Å². The van der Waals surface area contributed by atoms with Gasteiger partial charge in [0.1, 0.15) is 28.6 Å². The van der Waals surface area contributed by atoms with Crippen LogP contribution in [-0.4, -0.2) is 104 Å². The smallest absolute Gasteiger partial charge is 0.537 e. The summed E-state index contributed by atoms with van der Waals surface area (Å²) in [5.41, 5.74) is 0.279. The maximum absolute atomic E-state index is 13.3. The van der Waals surface area contributed by atoms with Crippen LogP contribution < -0.4 is 15.3 Å². The van der Waals surface area contributed by atoms with Crippen molar-refractivity contribution in [2.24, 2.45) is 0 Å². The zero-order valence-corrected chi connectivity index (χ0v) is 41.6. The van der Waals surface area contributed by atoms with Crippen LogP contribution in [0.5, 0.6) is 5.75 Å². The molecule has 0 spiro atoms. The number of nitrogens with one attached hydrogen (secondary N) is 2. The number of hydrogen-bond acceptors (Lipinski definition) is 12. The first-order chi connectivity index (χ1) is 33.7. The number of para-hydroxylation sites is 2. The predicted molar refractivity (Wildman–Crippen MR) is 264 cm³/mol. The number of likely N-dealkylation sites (tertiary alicyclic amines) is 2. The van der Waals surface area contributed by atoms with E-state index < -0.39 is 34.7 Å². The van der Waals surface area contributed by atoms with E-state index in [0.717, 1.165) is 47.0 Å². The van der Waals surface area contributed by atoms with Gasteiger partial charge in [0.15, 0.2) is 5.82 Å². The topological polar surface area (TPSA) is 164 Å². The highest BCUT2D eigenvalue weighted by atomic mass is 35.5. The summed E-state index contributed by atoms with van der Waals surface area (Å²) in [4.78, 5) is 45.6. The molecule has 4 heterocycles. The molecule has 1 radical (unpaired) electrons. The number of alkyl halides is 6. The van der Waals surface area contributed by atoms with Gasteiger partial charge in [-0.15, -0.1) is 0 Å². The van der Waals surface area contributed by atoms with Crippen LogP contribution in [0.4, 0.5) is 47.6 Å². The van der Waals surface area contributed by atoms with Gasteiger partial charge in [-0.3, -0.25) is 0 Å². The molecule has 2 saturated heterocycles. The summed E-state index contributed by atoms with van der Waals surface area (Å²) in [5.74, 6) is 1.42. The van der Waals surface area contributed by atoms with Crippen LogP contribution in [0.15, 0.2) is 84.9 Å². The van der Waals surface area contributed by atoms with Crippen molar-refractivity contribution in [1.29, 1.82) is 0 Å². The second kappa shape index (κ2) is 22.4. The van der Waals surface area contributed by atoms with Crippen molar-refractivity contribution in [1.82, 2.24) is 29.7 Å². The van der Waals surface area contributed by atoms with Crippen molar-refractivity contribution in [2.45, 2.75) is 104 Å². The normalized spacial score (nSPS) is 16.1. The number of carbonyl (C=O) groups is 2. The van der Waals surface area contributed by atoms with Crippen LogP contribution in [0.25, 0.3) is 33.2 Å². The largest absolute Gasteiger partial charge is 0.569 e. The molecule has 22 heteroatoms. The summed E-state index contributed by atoms with van der Waals surface area (Å²) in [6, 6.07) is 21.7. The highest BCUT2D eigenvalue weighted by Gasteiger charge is 2.34. The number of nitrogens with zero attached hydrogens (tertiary/aromatic N) is 6. The summed E-state index contributed by atoms with van der Waals surface area (Å²) in [6.45, 7) is 16.6. The number of aryl methyl sites for hydroxylation is 2. The van der Waals surface area contributed by atoms with E-state index in [1.54, 1.807) is 29.7 Å². The molecular formula is C50H55BClF6N8O6. The number of rotatable bonds is 7. The molecule has 2 aliphatic rings. The Kier molecular flexibility index (Phi) is 17.1. The van der Waals surface area contributed by atoms with E-state index in [0.29, 0.717) is 74.1 Å². The monoisotopic (exact) mass is 1020 g/mol. The van der Waals surface area contributed by atoms with E-state index in [4.69, 9.17) is 26.1 Å². The Morgan fingerprint density at radius 2 is 1.11 bits per heavy atom. The first-order valence-electron chi connectivity index (χ1n) is 22.8. The van der Waals surface area contributed by atoms with Crippen LogP contribution in [0.1, 0.15) is 76.6 Å².